The molecule has 0 aliphatic carbocycles. The van der Waals surface area contributed by atoms with E-state index >= 15 is 0 Å². The summed E-state index contributed by atoms with van der Waals surface area (Å²) in [4.78, 5) is 3.08. The zero-order valence-corrected chi connectivity index (χ0v) is 8.28. The lowest BCUT2D eigenvalue weighted by Gasteiger charge is -2.15. The van der Waals surface area contributed by atoms with Gasteiger partial charge in [-0.2, -0.15) is 13.2 Å². The van der Waals surface area contributed by atoms with Crippen LogP contribution in [0.15, 0.2) is 6.20 Å². The Balaban J connectivity index is 3.51. The third-order valence-electron chi connectivity index (χ3n) is 1.82. The van der Waals surface area contributed by atoms with Gasteiger partial charge >= 0.3 is 6.18 Å². The monoisotopic (exact) mass is 261 g/mol. The Hall–Kier alpha value is -0.950. The van der Waals surface area contributed by atoms with Gasteiger partial charge in [-0.1, -0.05) is 11.6 Å². The molecule has 0 saturated carbocycles. The second kappa shape index (κ2) is 4.50. The van der Waals surface area contributed by atoms with E-state index in [-0.39, 0.29) is 0 Å². The van der Waals surface area contributed by atoms with Crippen LogP contribution < -0.4 is 0 Å². The summed E-state index contributed by atoms with van der Waals surface area (Å²) >= 11 is 5.23. The highest BCUT2D eigenvalue weighted by Gasteiger charge is 2.38. The topological polar surface area (TPSA) is 33.1 Å². The molecule has 1 heterocycles. The molecule has 0 aromatic carbocycles. The number of nitrogens with zero attached hydrogens (tertiary/aromatic N) is 1. The standard InChI is InChI=1S/C8H5ClF5NO/c9-4-1-15-6(7(10)11)3(2-16)5(4)8(12,13)14/h1,7,16H,2H2. The van der Waals surface area contributed by atoms with Crippen LogP contribution in [0.3, 0.4) is 0 Å². The van der Waals surface area contributed by atoms with Gasteiger partial charge in [0.25, 0.3) is 6.43 Å². The fourth-order valence-electron chi connectivity index (χ4n) is 1.20. The predicted molar refractivity (Wildman–Crippen MR) is 45.1 cm³/mol. The Morgan fingerprint density at radius 3 is 2.31 bits per heavy atom. The normalized spacial score (nSPS) is 12.2. The molecule has 0 atom stereocenters. The van der Waals surface area contributed by atoms with Crippen molar-refractivity contribution in [3.63, 3.8) is 0 Å². The SMILES string of the molecule is OCc1c(C(F)F)ncc(Cl)c1C(F)(F)F. The third kappa shape index (κ3) is 2.41. The molecule has 0 unspecified atom stereocenters. The summed E-state index contributed by atoms with van der Waals surface area (Å²) in [5.74, 6) is 0. The maximum absolute atomic E-state index is 12.5. The first kappa shape index (κ1) is 13.1. The van der Waals surface area contributed by atoms with Crippen LogP contribution >= 0.6 is 11.6 Å². The fourth-order valence-corrected chi connectivity index (χ4v) is 1.47. The summed E-state index contributed by atoms with van der Waals surface area (Å²) in [5, 5.41) is 7.89. The van der Waals surface area contributed by atoms with E-state index in [0.29, 0.717) is 6.20 Å². The van der Waals surface area contributed by atoms with Gasteiger partial charge in [-0.05, 0) is 0 Å². The van der Waals surface area contributed by atoms with Crippen molar-refractivity contribution in [3.8, 4) is 0 Å². The third-order valence-corrected chi connectivity index (χ3v) is 2.10. The van der Waals surface area contributed by atoms with Crippen LogP contribution in [0.2, 0.25) is 5.02 Å². The van der Waals surface area contributed by atoms with Gasteiger partial charge in [-0.3, -0.25) is 4.98 Å². The van der Waals surface area contributed by atoms with Gasteiger partial charge in [0.15, 0.2) is 0 Å². The molecule has 0 radical (unpaired) electrons. The largest absolute Gasteiger partial charge is 0.418 e. The molecule has 0 bridgehead atoms. The van der Waals surface area contributed by atoms with E-state index in [9.17, 15) is 22.0 Å². The van der Waals surface area contributed by atoms with E-state index in [1.165, 1.54) is 0 Å². The van der Waals surface area contributed by atoms with Gasteiger partial charge in [0.05, 0.1) is 17.2 Å². The maximum Gasteiger partial charge on any atom is 0.418 e. The first-order valence-corrected chi connectivity index (χ1v) is 4.30. The van der Waals surface area contributed by atoms with E-state index in [4.69, 9.17) is 16.7 Å². The van der Waals surface area contributed by atoms with Crippen LogP contribution in [0, 0.1) is 0 Å². The summed E-state index contributed by atoms with van der Waals surface area (Å²) in [6, 6.07) is 0. The number of pyridine rings is 1. The van der Waals surface area contributed by atoms with Gasteiger partial charge < -0.3 is 5.11 Å². The zero-order valence-electron chi connectivity index (χ0n) is 7.52. The molecular weight excluding hydrogens is 257 g/mol. The molecule has 0 aliphatic rings. The van der Waals surface area contributed by atoms with Crippen LogP contribution in [-0.2, 0) is 12.8 Å². The number of hydrogen-bond donors (Lipinski definition) is 1. The van der Waals surface area contributed by atoms with E-state index in [0.717, 1.165) is 0 Å². The van der Waals surface area contributed by atoms with E-state index < -0.39 is 41.1 Å². The Morgan fingerprint density at radius 1 is 1.38 bits per heavy atom. The smallest absolute Gasteiger partial charge is 0.392 e. The number of aromatic nitrogens is 1. The van der Waals surface area contributed by atoms with Gasteiger partial charge in [0.1, 0.15) is 5.69 Å². The number of hydrogen-bond acceptors (Lipinski definition) is 2. The molecule has 0 spiro atoms. The molecule has 2 nitrogen and oxygen atoms in total. The van der Waals surface area contributed by atoms with Gasteiger partial charge in [0, 0.05) is 11.8 Å². The summed E-state index contributed by atoms with van der Waals surface area (Å²) in [7, 11) is 0. The molecule has 0 amide bonds. The molecule has 1 aromatic heterocycles. The zero-order chi connectivity index (χ0) is 12.5. The number of halogens is 6. The van der Waals surface area contributed by atoms with E-state index in [1.807, 2.05) is 0 Å². The molecule has 16 heavy (non-hydrogen) atoms. The van der Waals surface area contributed by atoms with Gasteiger partial charge in [-0.15, -0.1) is 0 Å². The Labute approximate surface area is 91.7 Å². The minimum atomic E-state index is -4.91. The second-order valence-corrected chi connectivity index (χ2v) is 3.21. The quantitative estimate of drug-likeness (QED) is 0.830. The number of aliphatic hydroxyl groups is 1. The second-order valence-electron chi connectivity index (χ2n) is 2.80. The number of aliphatic hydroxyl groups excluding tert-OH is 1. The molecular formula is C8H5ClF5NO. The maximum atomic E-state index is 12.5. The van der Waals surface area contributed by atoms with Crippen molar-refractivity contribution in [1.29, 1.82) is 0 Å². The molecule has 1 N–H and O–H groups in total. The van der Waals surface area contributed by atoms with Crippen molar-refractivity contribution < 1.29 is 27.1 Å². The lowest BCUT2D eigenvalue weighted by Crippen LogP contribution is -2.14. The minimum Gasteiger partial charge on any atom is -0.392 e. The minimum absolute atomic E-state index is 0.491. The number of alkyl halides is 5. The van der Waals surface area contributed by atoms with Crippen molar-refractivity contribution in [3.05, 3.63) is 28.0 Å². The highest BCUT2D eigenvalue weighted by atomic mass is 35.5. The first-order chi connectivity index (χ1) is 7.29. The molecule has 0 aliphatic heterocycles. The lowest BCUT2D eigenvalue weighted by molar-refractivity contribution is -0.138. The molecule has 1 aromatic rings. The van der Waals surface area contributed by atoms with Crippen LogP contribution in [-0.4, -0.2) is 10.1 Å². The van der Waals surface area contributed by atoms with Crippen molar-refractivity contribution in [1.82, 2.24) is 4.98 Å². The van der Waals surface area contributed by atoms with Crippen LogP contribution in [0.1, 0.15) is 23.2 Å². The first-order valence-electron chi connectivity index (χ1n) is 3.92. The van der Waals surface area contributed by atoms with Crippen LogP contribution in [0.25, 0.3) is 0 Å². The molecule has 0 fully saturated rings. The van der Waals surface area contributed by atoms with Gasteiger partial charge in [-0.25, -0.2) is 8.78 Å². The molecule has 90 valence electrons. The molecule has 8 heteroatoms. The summed E-state index contributed by atoms with van der Waals surface area (Å²) in [6.07, 6.45) is -7.63. The fraction of sp³-hybridized carbons (Fsp3) is 0.375. The van der Waals surface area contributed by atoms with Crippen LogP contribution in [0.4, 0.5) is 22.0 Å². The summed E-state index contributed by atoms with van der Waals surface area (Å²) in [6.45, 7) is -1.21. The molecule has 1 rings (SSSR count). The molecule has 0 saturated heterocycles. The van der Waals surface area contributed by atoms with Crippen molar-refractivity contribution in [2.75, 3.05) is 0 Å². The van der Waals surface area contributed by atoms with Crippen molar-refractivity contribution in [2.24, 2.45) is 0 Å². The Kier molecular flexibility index (Phi) is 3.69. The predicted octanol–water partition coefficient (Wildman–Crippen LogP) is 3.18. The highest BCUT2D eigenvalue weighted by molar-refractivity contribution is 6.31. The Bertz CT molecular complexity index is 393. The summed E-state index contributed by atoms with van der Waals surface area (Å²) < 4.78 is 62.1. The van der Waals surface area contributed by atoms with E-state index in [2.05, 4.69) is 4.98 Å². The van der Waals surface area contributed by atoms with Crippen LogP contribution in [0.5, 0.6) is 0 Å². The highest BCUT2D eigenvalue weighted by Crippen LogP contribution is 2.39. The lowest BCUT2D eigenvalue weighted by atomic mass is 10.1. The van der Waals surface area contributed by atoms with Crippen molar-refractivity contribution >= 4 is 11.6 Å². The summed E-state index contributed by atoms with van der Waals surface area (Å²) in [5.41, 5.74) is -3.57. The van der Waals surface area contributed by atoms with Gasteiger partial charge in [0.2, 0.25) is 0 Å². The van der Waals surface area contributed by atoms with Crippen molar-refractivity contribution in [2.45, 2.75) is 19.2 Å². The Morgan fingerprint density at radius 2 is 1.94 bits per heavy atom. The average molecular weight is 262 g/mol. The average Bonchev–Trinajstić information content (AvgIpc) is 2.14. The number of rotatable bonds is 2. The van der Waals surface area contributed by atoms with E-state index in [1.54, 1.807) is 0 Å².